The van der Waals surface area contributed by atoms with Gasteiger partial charge in [-0.3, -0.25) is 4.79 Å². The molecule has 4 aromatic rings. The number of benzene rings is 3. The molecular weight excluding hydrogens is 453 g/mol. The highest BCUT2D eigenvalue weighted by Crippen LogP contribution is 2.22. The van der Waals surface area contributed by atoms with Crippen LogP contribution in [0.15, 0.2) is 88.1 Å². The third-order valence-corrected chi connectivity index (χ3v) is 4.92. The van der Waals surface area contributed by atoms with E-state index < -0.39 is 5.63 Å². The SMILES string of the molecule is O=C(Nc1ccc(I)cc1)c1ccc(-c2cc3ccccc3oc2=O)cc1. The zero-order valence-electron chi connectivity index (χ0n) is 14.1. The van der Waals surface area contributed by atoms with Gasteiger partial charge < -0.3 is 9.73 Å². The predicted molar refractivity (Wildman–Crippen MR) is 115 cm³/mol. The molecule has 0 saturated heterocycles. The summed E-state index contributed by atoms with van der Waals surface area (Å²) in [5.41, 5.74) is 2.59. The normalized spacial score (nSPS) is 10.7. The Morgan fingerprint density at radius 3 is 2.33 bits per heavy atom. The minimum absolute atomic E-state index is 0.201. The summed E-state index contributed by atoms with van der Waals surface area (Å²) in [6.45, 7) is 0. The second-order valence-corrected chi connectivity index (χ2v) is 7.27. The van der Waals surface area contributed by atoms with Gasteiger partial charge >= 0.3 is 5.63 Å². The molecule has 0 aliphatic rings. The van der Waals surface area contributed by atoms with Gasteiger partial charge in [0.2, 0.25) is 0 Å². The number of fused-ring (bicyclic) bond motifs is 1. The molecule has 132 valence electrons. The maximum absolute atomic E-state index is 12.4. The fourth-order valence-electron chi connectivity index (χ4n) is 2.80. The smallest absolute Gasteiger partial charge is 0.344 e. The van der Waals surface area contributed by atoms with Crippen molar-refractivity contribution in [1.29, 1.82) is 0 Å². The number of anilines is 1. The van der Waals surface area contributed by atoms with Crippen LogP contribution in [0.3, 0.4) is 0 Å². The van der Waals surface area contributed by atoms with Gasteiger partial charge in [-0.25, -0.2) is 4.79 Å². The van der Waals surface area contributed by atoms with E-state index in [-0.39, 0.29) is 5.91 Å². The molecule has 5 heteroatoms. The average Bonchev–Trinajstić information content (AvgIpc) is 2.69. The number of hydrogen-bond donors (Lipinski definition) is 1. The summed E-state index contributed by atoms with van der Waals surface area (Å²) in [5.74, 6) is -0.201. The zero-order valence-corrected chi connectivity index (χ0v) is 16.3. The molecule has 1 heterocycles. The molecule has 0 saturated carbocycles. The van der Waals surface area contributed by atoms with Crippen LogP contribution in [-0.2, 0) is 0 Å². The van der Waals surface area contributed by atoms with Crippen LogP contribution in [0, 0.1) is 3.57 Å². The number of halogens is 1. The highest BCUT2D eigenvalue weighted by atomic mass is 127. The van der Waals surface area contributed by atoms with Crippen LogP contribution in [0.1, 0.15) is 10.4 Å². The lowest BCUT2D eigenvalue weighted by molar-refractivity contribution is 0.102. The van der Waals surface area contributed by atoms with Gasteiger partial charge in [-0.1, -0.05) is 30.3 Å². The maximum atomic E-state index is 12.4. The van der Waals surface area contributed by atoms with Crippen molar-refractivity contribution in [3.05, 3.63) is 98.4 Å². The summed E-state index contributed by atoms with van der Waals surface area (Å²) in [6, 6.07) is 23.7. The largest absolute Gasteiger partial charge is 0.422 e. The van der Waals surface area contributed by atoms with Crippen LogP contribution in [0.25, 0.3) is 22.1 Å². The van der Waals surface area contributed by atoms with Crippen LogP contribution < -0.4 is 10.9 Å². The fourth-order valence-corrected chi connectivity index (χ4v) is 3.16. The third-order valence-electron chi connectivity index (χ3n) is 4.20. The number of amides is 1. The van der Waals surface area contributed by atoms with Gasteiger partial charge in [0.1, 0.15) is 5.58 Å². The van der Waals surface area contributed by atoms with Crippen LogP contribution in [0.5, 0.6) is 0 Å². The van der Waals surface area contributed by atoms with Gasteiger partial charge in [0.05, 0.1) is 5.56 Å². The first-order valence-electron chi connectivity index (χ1n) is 8.30. The summed E-state index contributed by atoms with van der Waals surface area (Å²) in [6.07, 6.45) is 0. The molecule has 1 amide bonds. The molecule has 4 rings (SSSR count). The van der Waals surface area contributed by atoms with Crippen molar-refractivity contribution in [1.82, 2.24) is 0 Å². The Balaban J connectivity index is 1.60. The molecule has 0 aliphatic carbocycles. The van der Waals surface area contributed by atoms with Crippen molar-refractivity contribution >= 4 is 45.2 Å². The highest BCUT2D eigenvalue weighted by molar-refractivity contribution is 14.1. The molecule has 4 nitrogen and oxygen atoms in total. The van der Waals surface area contributed by atoms with Crippen molar-refractivity contribution < 1.29 is 9.21 Å². The summed E-state index contributed by atoms with van der Waals surface area (Å²) >= 11 is 2.21. The van der Waals surface area contributed by atoms with Gasteiger partial charge in [0.15, 0.2) is 0 Å². The van der Waals surface area contributed by atoms with E-state index in [9.17, 15) is 9.59 Å². The summed E-state index contributed by atoms with van der Waals surface area (Å²) in [5, 5.41) is 3.71. The monoisotopic (exact) mass is 467 g/mol. The van der Waals surface area contributed by atoms with Crippen LogP contribution in [0.4, 0.5) is 5.69 Å². The molecule has 1 N–H and O–H groups in total. The Bertz CT molecular complexity index is 1180. The van der Waals surface area contributed by atoms with E-state index in [0.29, 0.717) is 22.3 Å². The predicted octanol–water partition coefficient (Wildman–Crippen LogP) is 5.32. The zero-order chi connectivity index (χ0) is 18.8. The molecule has 0 atom stereocenters. The van der Waals surface area contributed by atoms with E-state index in [1.54, 1.807) is 30.3 Å². The van der Waals surface area contributed by atoms with Crippen molar-refractivity contribution in [2.45, 2.75) is 0 Å². The number of carbonyl (C=O) groups excluding carboxylic acids is 1. The van der Waals surface area contributed by atoms with E-state index in [2.05, 4.69) is 27.9 Å². The Morgan fingerprint density at radius 2 is 1.59 bits per heavy atom. The number of carbonyl (C=O) groups is 1. The van der Waals surface area contributed by atoms with Gasteiger partial charge in [-0.05, 0) is 76.7 Å². The topological polar surface area (TPSA) is 59.3 Å². The standard InChI is InChI=1S/C22H14INO3/c23-17-9-11-18(12-10-17)24-21(25)15-7-5-14(6-8-15)19-13-16-3-1-2-4-20(16)27-22(19)26/h1-13H,(H,24,25). The van der Waals surface area contributed by atoms with E-state index in [0.717, 1.165) is 14.6 Å². The van der Waals surface area contributed by atoms with E-state index in [4.69, 9.17) is 4.42 Å². The van der Waals surface area contributed by atoms with Crippen LogP contribution >= 0.6 is 22.6 Å². The summed E-state index contributed by atoms with van der Waals surface area (Å²) in [4.78, 5) is 24.7. The van der Waals surface area contributed by atoms with Crippen molar-refractivity contribution in [2.24, 2.45) is 0 Å². The number of para-hydroxylation sites is 1. The Kier molecular flexibility index (Phi) is 4.77. The Labute approximate surface area is 169 Å². The molecule has 0 aliphatic heterocycles. The molecule has 0 spiro atoms. The number of nitrogens with one attached hydrogen (secondary N) is 1. The minimum Gasteiger partial charge on any atom is -0.422 e. The first-order chi connectivity index (χ1) is 13.1. The fraction of sp³-hybridized carbons (Fsp3) is 0. The third kappa shape index (κ3) is 3.78. The minimum atomic E-state index is -0.398. The highest BCUT2D eigenvalue weighted by Gasteiger charge is 2.10. The summed E-state index contributed by atoms with van der Waals surface area (Å²) < 4.78 is 6.48. The molecule has 0 radical (unpaired) electrons. The molecule has 0 bridgehead atoms. The Morgan fingerprint density at radius 1 is 0.889 bits per heavy atom. The Hall–Kier alpha value is -2.93. The first kappa shape index (κ1) is 17.5. The second-order valence-electron chi connectivity index (χ2n) is 6.02. The maximum Gasteiger partial charge on any atom is 0.344 e. The quantitative estimate of drug-likeness (QED) is 0.328. The van der Waals surface area contributed by atoms with Gasteiger partial charge in [-0.15, -0.1) is 0 Å². The lowest BCUT2D eigenvalue weighted by Gasteiger charge is -2.07. The molecule has 0 unspecified atom stereocenters. The second kappa shape index (κ2) is 7.36. The first-order valence-corrected chi connectivity index (χ1v) is 9.38. The van der Waals surface area contributed by atoms with Crippen LogP contribution in [-0.4, -0.2) is 5.91 Å². The van der Waals surface area contributed by atoms with E-state index in [1.807, 2.05) is 48.5 Å². The van der Waals surface area contributed by atoms with E-state index >= 15 is 0 Å². The molecular formula is C22H14INO3. The van der Waals surface area contributed by atoms with E-state index in [1.165, 1.54) is 0 Å². The van der Waals surface area contributed by atoms with Gasteiger partial charge in [-0.2, -0.15) is 0 Å². The van der Waals surface area contributed by atoms with Gasteiger partial charge in [0, 0.05) is 20.2 Å². The molecule has 3 aromatic carbocycles. The van der Waals surface area contributed by atoms with Crippen molar-refractivity contribution in [3.8, 4) is 11.1 Å². The molecule has 27 heavy (non-hydrogen) atoms. The number of rotatable bonds is 3. The number of hydrogen-bond acceptors (Lipinski definition) is 3. The van der Waals surface area contributed by atoms with Crippen LogP contribution in [0.2, 0.25) is 0 Å². The summed E-state index contributed by atoms with van der Waals surface area (Å²) in [7, 11) is 0. The lowest BCUT2D eigenvalue weighted by Crippen LogP contribution is -2.11. The molecule has 1 aromatic heterocycles. The van der Waals surface area contributed by atoms with Crippen molar-refractivity contribution in [3.63, 3.8) is 0 Å². The van der Waals surface area contributed by atoms with Gasteiger partial charge in [0.25, 0.3) is 5.91 Å². The van der Waals surface area contributed by atoms with Crippen molar-refractivity contribution in [2.75, 3.05) is 5.32 Å². The molecule has 0 fully saturated rings. The average molecular weight is 467 g/mol. The lowest BCUT2D eigenvalue weighted by atomic mass is 10.0.